The quantitative estimate of drug-likeness (QED) is 0.255. The van der Waals surface area contributed by atoms with Gasteiger partial charge in [-0.15, -0.1) is 24.0 Å². The molecule has 0 fully saturated rings. The monoisotopic (exact) mass is 573 g/mol. The van der Waals surface area contributed by atoms with Gasteiger partial charge in [-0.1, -0.05) is 0 Å². The van der Waals surface area contributed by atoms with Crippen LogP contribution in [0.5, 0.6) is 11.6 Å². The van der Waals surface area contributed by atoms with E-state index in [1.165, 1.54) is 12.1 Å². The van der Waals surface area contributed by atoms with Crippen LogP contribution >= 0.6 is 24.0 Å². The van der Waals surface area contributed by atoms with Crippen molar-refractivity contribution in [1.82, 2.24) is 20.9 Å². The lowest BCUT2D eigenvalue weighted by Crippen LogP contribution is -2.54. The van der Waals surface area contributed by atoms with Gasteiger partial charge in [-0.3, -0.25) is 4.99 Å². The lowest BCUT2D eigenvalue weighted by atomic mass is 10.1. The summed E-state index contributed by atoms with van der Waals surface area (Å²) in [6.45, 7) is 10.1. The number of nitrogens with zero attached hydrogens (tertiary/aromatic N) is 2. The van der Waals surface area contributed by atoms with Crippen LogP contribution in [0.25, 0.3) is 0 Å². The third kappa shape index (κ3) is 11.2. The van der Waals surface area contributed by atoms with Gasteiger partial charge in [-0.25, -0.2) is 14.2 Å². The lowest BCUT2D eigenvalue weighted by Gasteiger charge is -2.29. The molecule has 0 saturated heterocycles. The van der Waals surface area contributed by atoms with Crippen molar-refractivity contribution < 1.29 is 18.7 Å². The van der Waals surface area contributed by atoms with Gasteiger partial charge in [0.2, 0.25) is 5.88 Å². The largest absolute Gasteiger partial charge is 0.444 e. The number of rotatable bonds is 7. The Morgan fingerprint density at radius 1 is 1.09 bits per heavy atom. The summed E-state index contributed by atoms with van der Waals surface area (Å²) in [7, 11) is 1.67. The van der Waals surface area contributed by atoms with Crippen molar-refractivity contribution in [3.05, 3.63) is 54.0 Å². The molecule has 0 aliphatic rings. The molecule has 0 aliphatic heterocycles. The number of guanidine groups is 1. The van der Waals surface area contributed by atoms with E-state index in [4.69, 9.17) is 9.47 Å². The van der Waals surface area contributed by atoms with Crippen molar-refractivity contribution in [2.24, 2.45) is 4.99 Å². The minimum atomic E-state index is -0.563. The van der Waals surface area contributed by atoms with E-state index < -0.39 is 17.2 Å². The molecular formula is C23H33FIN5O3. The Labute approximate surface area is 211 Å². The third-order valence-electron chi connectivity index (χ3n) is 4.06. The van der Waals surface area contributed by atoms with Crippen LogP contribution in [0, 0.1) is 5.82 Å². The van der Waals surface area contributed by atoms with Gasteiger partial charge >= 0.3 is 6.09 Å². The van der Waals surface area contributed by atoms with Crippen LogP contribution in [0.2, 0.25) is 0 Å². The highest BCUT2D eigenvalue weighted by molar-refractivity contribution is 14.0. The molecule has 0 spiro atoms. The normalized spacial score (nSPS) is 11.8. The molecule has 33 heavy (non-hydrogen) atoms. The van der Waals surface area contributed by atoms with Crippen LogP contribution in [0.15, 0.2) is 47.6 Å². The predicted molar refractivity (Wildman–Crippen MR) is 138 cm³/mol. The first-order valence-electron chi connectivity index (χ1n) is 10.3. The maximum Gasteiger partial charge on any atom is 0.408 e. The van der Waals surface area contributed by atoms with Gasteiger partial charge in [-0.2, -0.15) is 0 Å². The third-order valence-corrected chi connectivity index (χ3v) is 4.06. The Balaban J connectivity index is 0.00000544. The molecule has 0 radical (unpaired) electrons. The van der Waals surface area contributed by atoms with E-state index in [0.717, 1.165) is 5.56 Å². The topological polar surface area (TPSA) is 96.9 Å². The Hall–Kier alpha value is -2.63. The van der Waals surface area contributed by atoms with Crippen LogP contribution in [0.1, 0.15) is 40.2 Å². The van der Waals surface area contributed by atoms with Crippen molar-refractivity contribution in [3.63, 3.8) is 0 Å². The zero-order valence-corrected chi connectivity index (χ0v) is 22.2. The summed E-state index contributed by atoms with van der Waals surface area (Å²) in [4.78, 5) is 20.4. The molecule has 0 unspecified atom stereocenters. The molecule has 10 heteroatoms. The van der Waals surface area contributed by atoms with Crippen molar-refractivity contribution in [2.45, 2.75) is 52.3 Å². The number of aromatic nitrogens is 1. The molecule has 2 rings (SSSR count). The van der Waals surface area contributed by atoms with E-state index in [1.807, 2.05) is 40.7 Å². The van der Waals surface area contributed by atoms with Crippen molar-refractivity contribution in [3.8, 4) is 11.6 Å². The highest BCUT2D eigenvalue weighted by atomic mass is 127. The number of carbonyl (C=O) groups is 1. The van der Waals surface area contributed by atoms with E-state index in [-0.39, 0.29) is 29.8 Å². The summed E-state index contributed by atoms with van der Waals surface area (Å²) in [5.41, 5.74) is -0.201. The standard InChI is InChI=1S/C23H32FN5O3.HI/c1-22(2,3)32-21(30)29-23(4,5)15-28-20(25-6)27-14-16-11-12-26-19(13-16)31-18-9-7-17(24)8-10-18;/h7-13H,14-15H2,1-6H3,(H,29,30)(H2,25,27,28);1H. The highest BCUT2D eigenvalue weighted by Gasteiger charge is 2.24. The second-order valence-corrected chi connectivity index (χ2v) is 8.85. The Kier molecular flexibility index (Phi) is 10.8. The summed E-state index contributed by atoms with van der Waals surface area (Å²) in [5, 5.41) is 9.25. The molecular weight excluding hydrogens is 540 g/mol. The summed E-state index contributed by atoms with van der Waals surface area (Å²) < 4.78 is 24.0. The SMILES string of the molecule is CN=C(NCc1ccnc(Oc2ccc(F)cc2)c1)NCC(C)(C)NC(=O)OC(C)(C)C.I. The molecule has 8 nitrogen and oxygen atoms in total. The van der Waals surface area contributed by atoms with Crippen molar-refractivity contribution >= 4 is 36.0 Å². The molecule has 0 bridgehead atoms. The van der Waals surface area contributed by atoms with E-state index in [9.17, 15) is 9.18 Å². The molecule has 3 N–H and O–H groups in total. The average molecular weight is 573 g/mol. The van der Waals surface area contributed by atoms with Crippen LogP contribution in [0.4, 0.5) is 9.18 Å². The van der Waals surface area contributed by atoms with E-state index >= 15 is 0 Å². The fourth-order valence-corrected chi connectivity index (χ4v) is 2.57. The second-order valence-electron chi connectivity index (χ2n) is 8.85. The molecule has 0 aliphatic carbocycles. The Morgan fingerprint density at radius 2 is 1.76 bits per heavy atom. The van der Waals surface area contributed by atoms with Crippen LogP contribution in [-0.4, -0.2) is 41.8 Å². The van der Waals surface area contributed by atoms with Crippen molar-refractivity contribution in [1.29, 1.82) is 0 Å². The average Bonchev–Trinajstić information content (AvgIpc) is 2.68. The number of nitrogens with one attached hydrogen (secondary N) is 3. The first-order valence-corrected chi connectivity index (χ1v) is 10.3. The molecule has 182 valence electrons. The van der Waals surface area contributed by atoms with Gasteiger partial charge in [0.15, 0.2) is 5.96 Å². The van der Waals surface area contributed by atoms with Crippen molar-refractivity contribution in [2.75, 3.05) is 13.6 Å². The highest BCUT2D eigenvalue weighted by Crippen LogP contribution is 2.20. The zero-order chi connectivity index (χ0) is 23.8. The van der Waals surface area contributed by atoms with Crippen LogP contribution < -0.4 is 20.7 Å². The number of halogens is 2. The maximum atomic E-state index is 13.0. The summed E-state index contributed by atoms with van der Waals surface area (Å²) >= 11 is 0. The number of benzene rings is 1. The smallest absolute Gasteiger partial charge is 0.408 e. The minimum Gasteiger partial charge on any atom is -0.444 e. The Morgan fingerprint density at radius 3 is 2.36 bits per heavy atom. The van der Waals surface area contributed by atoms with E-state index in [2.05, 4.69) is 25.9 Å². The molecule has 0 atom stereocenters. The summed E-state index contributed by atoms with van der Waals surface area (Å²) in [6, 6.07) is 9.39. The van der Waals surface area contributed by atoms with Gasteiger partial charge in [0.1, 0.15) is 17.2 Å². The number of alkyl carbamates (subject to hydrolysis) is 1. The van der Waals surface area contributed by atoms with Gasteiger partial charge in [0.05, 0.1) is 5.54 Å². The number of aliphatic imine (C=N–C) groups is 1. The van der Waals surface area contributed by atoms with E-state index in [0.29, 0.717) is 30.7 Å². The first kappa shape index (κ1) is 28.4. The minimum absolute atomic E-state index is 0. The van der Waals surface area contributed by atoms with Gasteiger partial charge < -0.3 is 25.4 Å². The number of pyridine rings is 1. The second kappa shape index (κ2) is 12.6. The van der Waals surface area contributed by atoms with Crippen LogP contribution in [-0.2, 0) is 11.3 Å². The molecule has 1 amide bonds. The maximum absolute atomic E-state index is 13.0. The lowest BCUT2D eigenvalue weighted by molar-refractivity contribution is 0.0474. The molecule has 1 aromatic heterocycles. The van der Waals surface area contributed by atoms with Gasteiger partial charge in [0, 0.05) is 32.4 Å². The van der Waals surface area contributed by atoms with Gasteiger partial charge in [-0.05, 0) is 70.5 Å². The number of hydrogen-bond donors (Lipinski definition) is 3. The zero-order valence-electron chi connectivity index (χ0n) is 19.9. The summed E-state index contributed by atoms with van der Waals surface area (Å²) in [6.07, 6.45) is 1.16. The number of carbonyl (C=O) groups excluding carboxylic acids is 1. The molecule has 1 aromatic carbocycles. The molecule has 2 aromatic rings. The number of hydrogen-bond acceptors (Lipinski definition) is 5. The number of amides is 1. The predicted octanol–water partition coefficient (Wildman–Crippen LogP) is 4.60. The van der Waals surface area contributed by atoms with Gasteiger partial charge in [0.25, 0.3) is 0 Å². The molecule has 1 heterocycles. The number of ether oxygens (including phenoxy) is 2. The molecule has 0 saturated carbocycles. The van der Waals surface area contributed by atoms with Crippen LogP contribution in [0.3, 0.4) is 0 Å². The Bertz CT molecular complexity index is 930. The van der Waals surface area contributed by atoms with E-state index in [1.54, 1.807) is 31.4 Å². The first-order chi connectivity index (χ1) is 15.0. The fourth-order valence-electron chi connectivity index (χ4n) is 2.57. The fraction of sp³-hybridized carbons (Fsp3) is 0.435. The summed E-state index contributed by atoms with van der Waals surface area (Å²) in [5.74, 6) is 1.15.